The fraction of sp³-hybridized carbons (Fsp3) is 0.167. The molecule has 0 bridgehead atoms. The number of ether oxygens (including phenoxy) is 1. The van der Waals surface area contributed by atoms with E-state index in [-0.39, 0.29) is 17.1 Å². The number of nitrogens with zero attached hydrogens (tertiary/aromatic N) is 1. The van der Waals surface area contributed by atoms with E-state index in [1.165, 1.54) is 43.5 Å². The molecule has 0 fully saturated rings. The third-order valence-corrected chi connectivity index (χ3v) is 5.38. The third-order valence-electron chi connectivity index (χ3n) is 3.55. The Morgan fingerprint density at radius 2 is 1.85 bits per heavy atom. The predicted octanol–water partition coefficient (Wildman–Crippen LogP) is 2.79. The summed E-state index contributed by atoms with van der Waals surface area (Å²) in [5.41, 5.74) is 0.0132. The Balaban J connectivity index is 2.18. The molecule has 0 saturated heterocycles. The monoisotopic (exact) mass is 396 g/mol. The van der Waals surface area contributed by atoms with Gasteiger partial charge in [-0.15, -0.1) is 6.58 Å². The number of methoxy groups -OCH3 is 1. The maximum atomic E-state index is 13.2. The highest BCUT2D eigenvalue weighted by Gasteiger charge is 2.26. The van der Waals surface area contributed by atoms with Crippen LogP contribution in [0.3, 0.4) is 0 Å². The Morgan fingerprint density at radius 1 is 1.19 bits per heavy atom. The van der Waals surface area contributed by atoms with Crippen LogP contribution in [0.2, 0.25) is 0 Å². The van der Waals surface area contributed by atoms with Crippen molar-refractivity contribution in [3.8, 4) is 5.75 Å². The molecule has 0 saturated carbocycles. The fourth-order valence-corrected chi connectivity index (χ4v) is 3.59. The summed E-state index contributed by atoms with van der Waals surface area (Å²) in [6.07, 6.45) is 1.34. The Morgan fingerprint density at radius 3 is 2.41 bits per heavy atom. The second-order valence-corrected chi connectivity index (χ2v) is 7.38. The molecule has 2 rings (SSSR count). The number of nitrogens with one attached hydrogen (secondary N) is 1. The van der Waals surface area contributed by atoms with Gasteiger partial charge < -0.3 is 10.1 Å². The fourth-order valence-electron chi connectivity index (χ4n) is 2.22. The van der Waals surface area contributed by atoms with Crippen molar-refractivity contribution in [3.63, 3.8) is 0 Å². The largest absolute Gasteiger partial charge is 0.497 e. The highest BCUT2D eigenvalue weighted by atomic mass is 32.2. The first-order valence-corrected chi connectivity index (χ1v) is 9.22. The molecule has 27 heavy (non-hydrogen) atoms. The SMILES string of the molecule is C=CCN(CC(=O)Nc1ccc(F)c(F)c1)S(=O)(=O)c1ccc(OC)cc1. The third kappa shape index (κ3) is 5.11. The lowest BCUT2D eigenvalue weighted by molar-refractivity contribution is -0.116. The number of anilines is 1. The second kappa shape index (κ2) is 8.74. The lowest BCUT2D eigenvalue weighted by atomic mass is 10.3. The van der Waals surface area contributed by atoms with E-state index in [1.807, 2.05) is 0 Å². The number of hydrogen-bond acceptors (Lipinski definition) is 4. The van der Waals surface area contributed by atoms with Crippen molar-refractivity contribution in [2.45, 2.75) is 4.90 Å². The molecule has 2 aromatic rings. The maximum absolute atomic E-state index is 13.2. The van der Waals surface area contributed by atoms with Crippen LogP contribution in [0.25, 0.3) is 0 Å². The number of halogens is 2. The van der Waals surface area contributed by atoms with Crippen molar-refractivity contribution in [1.82, 2.24) is 4.31 Å². The van der Waals surface area contributed by atoms with Crippen molar-refractivity contribution in [2.24, 2.45) is 0 Å². The first-order valence-electron chi connectivity index (χ1n) is 7.78. The Kier molecular flexibility index (Phi) is 6.65. The van der Waals surface area contributed by atoms with Gasteiger partial charge in [0.2, 0.25) is 15.9 Å². The number of sulfonamides is 1. The van der Waals surface area contributed by atoms with Gasteiger partial charge in [0.1, 0.15) is 5.75 Å². The first kappa shape index (κ1) is 20.5. The molecule has 1 N–H and O–H groups in total. The normalized spacial score (nSPS) is 11.3. The minimum atomic E-state index is -3.98. The molecule has 2 aromatic carbocycles. The first-order chi connectivity index (χ1) is 12.8. The van der Waals surface area contributed by atoms with Crippen LogP contribution in [0.15, 0.2) is 60.0 Å². The number of rotatable bonds is 8. The summed E-state index contributed by atoms with van der Waals surface area (Å²) in [7, 11) is -2.52. The lowest BCUT2D eigenvalue weighted by Gasteiger charge is -2.20. The zero-order chi connectivity index (χ0) is 20.0. The number of benzene rings is 2. The predicted molar refractivity (Wildman–Crippen MR) is 96.9 cm³/mol. The number of hydrogen-bond donors (Lipinski definition) is 1. The molecule has 0 aliphatic carbocycles. The van der Waals surface area contributed by atoms with E-state index < -0.39 is 34.1 Å². The summed E-state index contributed by atoms with van der Waals surface area (Å²) in [4.78, 5) is 12.2. The summed E-state index contributed by atoms with van der Waals surface area (Å²) in [6, 6.07) is 8.53. The molecule has 0 atom stereocenters. The average Bonchev–Trinajstić information content (AvgIpc) is 2.64. The van der Waals surface area contributed by atoms with E-state index in [0.717, 1.165) is 16.4 Å². The van der Waals surface area contributed by atoms with Gasteiger partial charge in [-0.05, 0) is 36.4 Å². The van der Waals surface area contributed by atoms with Crippen LogP contribution >= 0.6 is 0 Å². The zero-order valence-corrected chi connectivity index (χ0v) is 15.3. The number of carbonyl (C=O) groups is 1. The average molecular weight is 396 g/mol. The van der Waals surface area contributed by atoms with E-state index >= 15 is 0 Å². The van der Waals surface area contributed by atoms with Gasteiger partial charge in [0, 0.05) is 18.3 Å². The minimum absolute atomic E-state index is 0.0132. The molecular formula is C18H18F2N2O4S. The van der Waals surface area contributed by atoms with Crippen LogP contribution in [0.1, 0.15) is 0 Å². The van der Waals surface area contributed by atoms with Crippen molar-refractivity contribution in [1.29, 1.82) is 0 Å². The molecular weight excluding hydrogens is 378 g/mol. The quantitative estimate of drug-likeness (QED) is 0.697. The molecule has 0 unspecified atom stereocenters. The van der Waals surface area contributed by atoms with E-state index in [9.17, 15) is 22.0 Å². The molecule has 1 amide bonds. The molecule has 9 heteroatoms. The smallest absolute Gasteiger partial charge is 0.243 e. The number of amides is 1. The van der Waals surface area contributed by atoms with E-state index in [0.29, 0.717) is 5.75 Å². The van der Waals surface area contributed by atoms with E-state index in [1.54, 1.807) is 0 Å². The highest BCUT2D eigenvalue weighted by Crippen LogP contribution is 2.20. The van der Waals surface area contributed by atoms with Gasteiger partial charge in [-0.1, -0.05) is 6.08 Å². The summed E-state index contributed by atoms with van der Waals surface area (Å²) in [6.45, 7) is 2.86. The van der Waals surface area contributed by atoms with Crippen LogP contribution in [0.5, 0.6) is 5.75 Å². The molecule has 6 nitrogen and oxygen atoms in total. The summed E-state index contributed by atoms with van der Waals surface area (Å²) < 4.78 is 57.6. The lowest BCUT2D eigenvalue weighted by Crippen LogP contribution is -2.38. The molecule has 0 aliphatic rings. The van der Waals surface area contributed by atoms with Crippen molar-refractivity contribution >= 4 is 21.6 Å². The van der Waals surface area contributed by atoms with E-state index in [4.69, 9.17) is 4.74 Å². The maximum Gasteiger partial charge on any atom is 0.243 e. The van der Waals surface area contributed by atoms with Crippen molar-refractivity contribution < 1.29 is 26.7 Å². The van der Waals surface area contributed by atoms with Crippen molar-refractivity contribution in [3.05, 3.63) is 66.8 Å². The topological polar surface area (TPSA) is 75.7 Å². The Hall–Kier alpha value is -2.78. The van der Waals surface area contributed by atoms with Gasteiger partial charge in [-0.3, -0.25) is 4.79 Å². The van der Waals surface area contributed by atoms with E-state index in [2.05, 4.69) is 11.9 Å². The standard InChI is InChI=1S/C18H18F2N2O4S/c1-3-10-22(27(24,25)15-7-5-14(26-2)6-8-15)12-18(23)21-13-4-9-16(19)17(20)11-13/h3-9,11H,1,10,12H2,2H3,(H,21,23). The van der Waals surface area contributed by atoms with Crippen molar-refractivity contribution in [2.75, 3.05) is 25.5 Å². The van der Waals surface area contributed by atoms with Crippen LogP contribution in [-0.4, -0.2) is 38.8 Å². The van der Waals surface area contributed by atoms with Gasteiger partial charge in [0.15, 0.2) is 11.6 Å². The van der Waals surface area contributed by atoms with Crippen LogP contribution in [-0.2, 0) is 14.8 Å². The van der Waals surface area contributed by atoms with Gasteiger partial charge in [-0.25, -0.2) is 17.2 Å². The van der Waals surface area contributed by atoms with Gasteiger partial charge in [0.25, 0.3) is 0 Å². The van der Waals surface area contributed by atoms with Gasteiger partial charge in [-0.2, -0.15) is 4.31 Å². The summed E-state index contributed by atoms with van der Waals surface area (Å²) in [5.74, 6) is -2.40. The molecule has 0 aromatic heterocycles. The van der Waals surface area contributed by atoms with Gasteiger partial charge >= 0.3 is 0 Å². The zero-order valence-electron chi connectivity index (χ0n) is 14.5. The van der Waals surface area contributed by atoms with Gasteiger partial charge in [0.05, 0.1) is 18.6 Å². The Labute approximate surface area is 156 Å². The molecule has 0 heterocycles. The van der Waals surface area contributed by atoms with Crippen LogP contribution < -0.4 is 10.1 Å². The molecule has 144 valence electrons. The highest BCUT2D eigenvalue weighted by molar-refractivity contribution is 7.89. The summed E-state index contributed by atoms with van der Waals surface area (Å²) in [5, 5.41) is 2.33. The van der Waals surface area contributed by atoms with Crippen LogP contribution in [0.4, 0.5) is 14.5 Å². The number of carbonyl (C=O) groups excluding carboxylic acids is 1. The molecule has 0 radical (unpaired) electrons. The molecule has 0 aliphatic heterocycles. The second-order valence-electron chi connectivity index (χ2n) is 5.44. The Bertz CT molecular complexity index is 931. The summed E-state index contributed by atoms with van der Waals surface area (Å²) >= 11 is 0. The van der Waals surface area contributed by atoms with Crippen LogP contribution in [0, 0.1) is 11.6 Å². The minimum Gasteiger partial charge on any atom is -0.497 e. The molecule has 0 spiro atoms.